The van der Waals surface area contributed by atoms with Crippen LogP contribution in [0, 0.1) is 30.0 Å². The summed E-state index contributed by atoms with van der Waals surface area (Å²) in [5.74, 6) is 0.663. The highest BCUT2D eigenvalue weighted by molar-refractivity contribution is 5.64. The first-order chi connectivity index (χ1) is 11.0. The van der Waals surface area contributed by atoms with Crippen molar-refractivity contribution in [3.8, 4) is 6.07 Å². The second-order valence-corrected chi connectivity index (χ2v) is 5.60. The number of hydrogen-bond donors (Lipinski definition) is 2. The fourth-order valence-electron chi connectivity index (χ4n) is 2.16. The van der Waals surface area contributed by atoms with Crippen LogP contribution >= 0.6 is 0 Å². The molecule has 23 heavy (non-hydrogen) atoms. The molecule has 5 nitrogen and oxygen atoms in total. The predicted octanol–water partition coefficient (Wildman–Crippen LogP) is 3.42. The van der Waals surface area contributed by atoms with Crippen molar-refractivity contribution in [2.45, 2.75) is 33.6 Å². The second-order valence-electron chi connectivity index (χ2n) is 5.60. The van der Waals surface area contributed by atoms with E-state index in [4.69, 9.17) is 0 Å². The van der Waals surface area contributed by atoms with Gasteiger partial charge in [0.2, 0.25) is 0 Å². The van der Waals surface area contributed by atoms with Gasteiger partial charge in [-0.15, -0.1) is 0 Å². The maximum Gasteiger partial charge on any atom is 0.271 e. The van der Waals surface area contributed by atoms with Crippen molar-refractivity contribution >= 4 is 11.5 Å². The number of aromatic nitrogens is 2. The predicted molar refractivity (Wildman–Crippen MR) is 87.2 cm³/mol. The van der Waals surface area contributed by atoms with Gasteiger partial charge in [-0.1, -0.05) is 26.3 Å². The molecule has 2 rings (SSSR count). The van der Waals surface area contributed by atoms with E-state index in [1.165, 1.54) is 6.07 Å². The second kappa shape index (κ2) is 7.05. The van der Waals surface area contributed by atoms with E-state index in [-0.39, 0.29) is 17.2 Å². The molecule has 0 aliphatic heterocycles. The molecule has 0 aliphatic rings. The Morgan fingerprint density at radius 2 is 2.22 bits per heavy atom. The fourth-order valence-corrected chi connectivity index (χ4v) is 2.16. The van der Waals surface area contributed by atoms with E-state index in [9.17, 15) is 14.4 Å². The van der Waals surface area contributed by atoms with Crippen molar-refractivity contribution in [1.82, 2.24) is 9.97 Å². The van der Waals surface area contributed by atoms with Crippen LogP contribution in [0.4, 0.5) is 15.9 Å². The molecule has 1 heterocycles. The standard InChI is InChI=1S/C17H19FN4O/c1-4-10(2)8-15-21-16(12(9-19)17(23)22-15)20-14-7-5-6-13(18)11(14)3/h5-7,10H,4,8H2,1-3H3,(H2,20,21,22,23). The highest BCUT2D eigenvalue weighted by Crippen LogP contribution is 2.22. The maximum atomic E-state index is 13.6. The van der Waals surface area contributed by atoms with Crippen molar-refractivity contribution < 1.29 is 4.39 Å². The summed E-state index contributed by atoms with van der Waals surface area (Å²) in [5.41, 5.74) is 0.287. The van der Waals surface area contributed by atoms with Gasteiger partial charge >= 0.3 is 0 Å². The first kappa shape index (κ1) is 16.7. The minimum Gasteiger partial charge on any atom is -0.339 e. The molecule has 0 saturated carbocycles. The number of aromatic amines is 1. The molecule has 2 aromatic rings. The van der Waals surface area contributed by atoms with E-state index in [2.05, 4.69) is 29.1 Å². The van der Waals surface area contributed by atoms with Crippen LogP contribution in [-0.4, -0.2) is 9.97 Å². The molecule has 2 N–H and O–H groups in total. The van der Waals surface area contributed by atoms with Gasteiger partial charge in [0.15, 0.2) is 11.4 Å². The van der Waals surface area contributed by atoms with Crippen molar-refractivity contribution in [1.29, 1.82) is 5.26 Å². The number of rotatable bonds is 5. The van der Waals surface area contributed by atoms with Crippen LogP contribution < -0.4 is 10.9 Å². The Balaban J connectivity index is 2.45. The van der Waals surface area contributed by atoms with Crippen molar-refractivity contribution in [3.05, 3.63) is 51.3 Å². The molecule has 1 aromatic carbocycles. The lowest BCUT2D eigenvalue weighted by Gasteiger charge is -2.13. The largest absolute Gasteiger partial charge is 0.339 e. The minimum absolute atomic E-state index is 0.110. The Hall–Kier alpha value is -2.68. The number of anilines is 2. The lowest BCUT2D eigenvalue weighted by atomic mass is 10.1. The summed E-state index contributed by atoms with van der Waals surface area (Å²) < 4.78 is 13.6. The Kier molecular flexibility index (Phi) is 5.12. The van der Waals surface area contributed by atoms with Gasteiger partial charge in [-0.2, -0.15) is 5.26 Å². The molecule has 0 fully saturated rings. The summed E-state index contributed by atoms with van der Waals surface area (Å²) in [7, 11) is 0. The highest BCUT2D eigenvalue weighted by Gasteiger charge is 2.14. The number of nitrogens with one attached hydrogen (secondary N) is 2. The zero-order chi connectivity index (χ0) is 17.0. The molecule has 1 atom stereocenters. The van der Waals surface area contributed by atoms with Gasteiger partial charge in [0.05, 0.1) is 0 Å². The van der Waals surface area contributed by atoms with Crippen LogP contribution in [0.2, 0.25) is 0 Å². The Morgan fingerprint density at radius 1 is 1.48 bits per heavy atom. The van der Waals surface area contributed by atoms with E-state index in [0.717, 1.165) is 6.42 Å². The third-order valence-electron chi connectivity index (χ3n) is 3.84. The summed E-state index contributed by atoms with van der Waals surface area (Å²) in [6, 6.07) is 6.44. The van der Waals surface area contributed by atoms with E-state index in [1.54, 1.807) is 19.1 Å². The molecular formula is C17H19FN4O. The van der Waals surface area contributed by atoms with Gasteiger partial charge < -0.3 is 10.3 Å². The van der Waals surface area contributed by atoms with Crippen molar-refractivity contribution in [3.63, 3.8) is 0 Å². The molecule has 0 amide bonds. The van der Waals surface area contributed by atoms with Gasteiger partial charge in [-0.3, -0.25) is 4.79 Å². The van der Waals surface area contributed by atoms with E-state index >= 15 is 0 Å². The molecule has 0 saturated heterocycles. The molecule has 1 aromatic heterocycles. The number of halogens is 1. The maximum absolute atomic E-state index is 13.6. The minimum atomic E-state index is -0.489. The summed E-state index contributed by atoms with van der Waals surface area (Å²) in [6.45, 7) is 5.74. The molecular weight excluding hydrogens is 295 g/mol. The van der Waals surface area contributed by atoms with Crippen LogP contribution in [0.5, 0.6) is 0 Å². The number of nitriles is 1. The lowest BCUT2D eigenvalue weighted by molar-refractivity contribution is 0.542. The summed E-state index contributed by atoms with van der Waals surface area (Å²) in [4.78, 5) is 19.1. The molecule has 0 bridgehead atoms. The van der Waals surface area contributed by atoms with Crippen LogP contribution in [0.1, 0.15) is 37.2 Å². The monoisotopic (exact) mass is 314 g/mol. The molecule has 0 spiro atoms. The lowest BCUT2D eigenvalue weighted by Crippen LogP contribution is -2.19. The van der Waals surface area contributed by atoms with Crippen LogP contribution in [0.25, 0.3) is 0 Å². The van der Waals surface area contributed by atoms with Gasteiger partial charge in [0, 0.05) is 17.7 Å². The molecule has 0 aliphatic carbocycles. The smallest absolute Gasteiger partial charge is 0.271 e. The van der Waals surface area contributed by atoms with E-state index in [0.29, 0.717) is 29.4 Å². The van der Waals surface area contributed by atoms with Gasteiger partial charge in [-0.25, -0.2) is 9.37 Å². The zero-order valence-electron chi connectivity index (χ0n) is 13.4. The molecule has 0 radical (unpaired) electrons. The van der Waals surface area contributed by atoms with Gasteiger partial charge in [0.25, 0.3) is 5.56 Å². The van der Waals surface area contributed by atoms with Crippen LogP contribution in [-0.2, 0) is 6.42 Å². The Labute approximate surface area is 134 Å². The number of hydrogen-bond acceptors (Lipinski definition) is 4. The third kappa shape index (κ3) is 3.75. The van der Waals surface area contributed by atoms with E-state index in [1.807, 2.05) is 6.07 Å². The fraction of sp³-hybridized carbons (Fsp3) is 0.353. The number of H-pyrrole nitrogens is 1. The number of benzene rings is 1. The summed E-state index contributed by atoms with van der Waals surface area (Å²) >= 11 is 0. The summed E-state index contributed by atoms with van der Waals surface area (Å²) in [5, 5.41) is 12.1. The topological polar surface area (TPSA) is 81.6 Å². The average molecular weight is 314 g/mol. The Bertz CT molecular complexity index is 807. The molecule has 120 valence electrons. The first-order valence-corrected chi connectivity index (χ1v) is 7.51. The SMILES string of the molecule is CCC(C)Cc1nc(Nc2cccc(F)c2C)c(C#N)c(=O)[nH]1. The molecule has 1 unspecified atom stereocenters. The number of nitrogens with zero attached hydrogens (tertiary/aromatic N) is 2. The van der Waals surface area contributed by atoms with E-state index < -0.39 is 5.56 Å². The quantitative estimate of drug-likeness (QED) is 0.886. The van der Waals surface area contributed by atoms with Crippen molar-refractivity contribution in [2.24, 2.45) is 5.92 Å². The van der Waals surface area contributed by atoms with Crippen molar-refractivity contribution in [2.75, 3.05) is 5.32 Å². The first-order valence-electron chi connectivity index (χ1n) is 7.51. The zero-order valence-corrected chi connectivity index (χ0v) is 13.4. The van der Waals surface area contributed by atoms with Gasteiger partial charge in [0.1, 0.15) is 17.7 Å². The van der Waals surface area contributed by atoms with Crippen LogP contribution in [0.3, 0.4) is 0 Å². The highest BCUT2D eigenvalue weighted by atomic mass is 19.1. The average Bonchev–Trinajstić information content (AvgIpc) is 2.51. The summed E-state index contributed by atoms with van der Waals surface area (Å²) in [6.07, 6.45) is 1.56. The van der Waals surface area contributed by atoms with Gasteiger partial charge in [-0.05, 0) is 25.0 Å². The molecule has 6 heteroatoms. The Morgan fingerprint density at radius 3 is 2.87 bits per heavy atom. The van der Waals surface area contributed by atoms with Crippen LogP contribution in [0.15, 0.2) is 23.0 Å². The normalized spacial score (nSPS) is 11.8. The third-order valence-corrected chi connectivity index (χ3v) is 3.84.